The summed E-state index contributed by atoms with van der Waals surface area (Å²) in [6, 6.07) is 0. The van der Waals surface area contributed by atoms with Crippen LogP contribution in [0.2, 0.25) is 0 Å². The van der Waals surface area contributed by atoms with E-state index in [9.17, 15) is 4.79 Å². The number of aliphatic hydroxyl groups is 1. The highest BCUT2D eigenvalue weighted by Crippen LogP contribution is 2.11. The zero-order chi connectivity index (χ0) is 6.91. The summed E-state index contributed by atoms with van der Waals surface area (Å²) in [6.45, 7) is 1.64. The van der Waals surface area contributed by atoms with Gasteiger partial charge in [-0.05, 0) is 13.0 Å². The summed E-state index contributed by atoms with van der Waals surface area (Å²) in [5.74, 6) is -1.98. The molecule has 0 amide bonds. The van der Waals surface area contributed by atoms with Crippen LogP contribution in [0.1, 0.15) is 6.92 Å². The van der Waals surface area contributed by atoms with Crippen LogP contribution in [0, 0.1) is 0 Å². The van der Waals surface area contributed by atoms with Crippen LogP contribution in [-0.2, 0) is 9.53 Å². The fraction of sp³-hybridized carbons (Fsp3) is 0.500. The van der Waals surface area contributed by atoms with E-state index < -0.39 is 11.6 Å². The maximum absolute atomic E-state index is 10.7. The Kier molecular flexibility index (Phi) is 1.38. The molecule has 1 heterocycles. The number of ether oxygens (including phenoxy) is 1. The van der Waals surface area contributed by atoms with Crippen LogP contribution in [0.15, 0.2) is 12.2 Å². The van der Waals surface area contributed by atoms with Gasteiger partial charge in [-0.3, -0.25) is 4.79 Å². The van der Waals surface area contributed by atoms with Crippen molar-refractivity contribution in [3.63, 3.8) is 0 Å². The lowest BCUT2D eigenvalue weighted by molar-refractivity contribution is -0.191. The summed E-state index contributed by atoms with van der Waals surface area (Å²) < 4.78 is 4.70. The van der Waals surface area contributed by atoms with Gasteiger partial charge in [0, 0.05) is 0 Å². The fourth-order valence-corrected chi connectivity index (χ4v) is 0.591. The average Bonchev–Trinajstić information content (AvgIpc) is 1.77. The summed E-state index contributed by atoms with van der Waals surface area (Å²) in [5.41, 5.74) is 0. The van der Waals surface area contributed by atoms with E-state index in [1.807, 2.05) is 0 Å². The Morgan fingerprint density at radius 3 is 2.89 bits per heavy atom. The van der Waals surface area contributed by atoms with Gasteiger partial charge >= 0.3 is 0 Å². The van der Waals surface area contributed by atoms with Crippen molar-refractivity contribution in [1.29, 1.82) is 0 Å². The summed E-state index contributed by atoms with van der Waals surface area (Å²) in [6.07, 6.45) is 2.89. The van der Waals surface area contributed by atoms with Crippen LogP contribution in [0.25, 0.3) is 0 Å². The molecule has 0 radical (unpaired) electrons. The lowest BCUT2D eigenvalue weighted by Gasteiger charge is -2.22. The molecule has 3 heteroatoms. The van der Waals surface area contributed by atoms with Gasteiger partial charge in [-0.15, -0.1) is 0 Å². The maximum atomic E-state index is 10.7. The van der Waals surface area contributed by atoms with E-state index in [1.165, 1.54) is 13.0 Å². The van der Waals surface area contributed by atoms with Gasteiger partial charge in [0.25, 0.3) is 0 Å². The minimum atomic E-state index is -1.59. The third-order valence-electron chi connectivity index (χ3n) is 1.19. The van der Waals surface area contributed by atoms with Crippen LogP contribution in [0.3, 0.4) is 0 Å². The molecule has 1 atom stereocenters. The molecule has 1 rings (SSSR count). The molecule has 0 aromatic carbocycles. The van der Waals surface area contributed by atoms with Gasteiger partial charge in [0.2, 0.25) is 11.6 Å². The Labute approximate surface area is 52.9 Å². The highest BCUT2D eigenvalue weighted by Gasteiger charge is 2.30. The molecule has 1 aliphatic rings. The van der Waals surface area contributed by atoms with Crippen LogP contribution in [0.5, 0.6) is 0 Å². The van der Waals surface area contributed by atoms with Gasteiger partial charge < -0.3 is 9.84 Å². The molecule has 0 aromatic rings. The van der Waals surface area contributed by atoms with Crippen LogP contribution in [0.4, 0.5) is 0 Å². The molecule has 9 heavy (non-hydrogen) atoms. The van der Waals surface area contributed by atoms with E-state index in [2.05, 4.69) is 0 Å². The predicted molar refractivity (Wildman–Crippen MR) is 30.7 cm³/mol. The first-order valence-electron chi connectivity index (χ1n) is 2.70. The van der Waals surface area contributed by atoms with Crippen molar-refractivity contribution in [2.45, 2.75) is 12.7 Å². The highest BCUT2D eigenvalue weighted by atomic mass is 16.6. The number of ketones is 1. The average molecular weight is 128 g/mol. The number of carbonyl (C=O) groups is 1. The molecule has 0 saturated carbocycles. The quantitative estimate of drug-likeness (QED) is 0.493. The Hall–Kier alpha value is -0.670. The Morgan fingerprint density at radius 1 is 1.89 bits per heavy atom. The Morgan fingerprint density at radius 2 is 2.56 bits per heavy atom. The van der Waals surface area contributed by atoms with Gasteiger partial charge in [-0.1, -0.05) is 6.08 Å². The number of rotatable bonds is 0. The molecular formula is C6H8O3. The van der Waals surface area contributed by atoms with Crippen molar-refractivity contribution in [3.05, 3.63) is 12.2 Å². The van der Waals surface area contributed by atoms with Gasteiger partial charge in [-0.25, -0.2) is 0 Å². The van der Waals surface area contributed by atoms with Gasteiger partial charge in [0.1, 0.15) is 0 Å². The van der Waals surface area contributed by atoms with Gasteiger partial charge in [0.15, 0.2) is 0 Å². The Bertz CT molecular complexity index is 158. The van der Waals surface area contributed by atoms with Crippen molar-refractivity contribution in [3.8, 4) is 0 Å². The highest BCUT2D eigenvalue weighted by molar-refractivity contribution is 5.95. The largest absolute Gasteiger partial charge is 0.360 e. The van der Waals surface area contributed by atoms with E-state index >= 15 is 0 Å². The van der Waals surface area contributed by atoms with Crippen molar-refractivity contribution in [1.82, 2.24) is 0 Å². The summed E-state index contributed by atoms with van der Waals surface area (Å²) in [7, 11) is 0. The first-order chi connectivity index (χ1) is 4.13. The SMILES string of the molecule is CC1(O)OCC=CC1=O. The minimum absolute atomic E-state index is 0.304. The first-order valence-corrected chi connectivity index (χ1v) is 2.70. The zero-order valence-corrected chi connectivity index (χ0v) is 5.13. The first kappa shape index (κ1) is 6.45. The van der Waals surface area contributed by atoms with Gasteiger partial charge in [0.05, 0.1) is 6.61 Å². The monoisotopic (exact) mass is 128 g/mol. The predicted octanol–water partition coefficient (Wildman–Crippen LogP) is -0.150. The molecule has 0 spiro atoms. The number of carbonyl (C=O) groups excluding carboxylic acids is 1. The third kappa shape index (κ3) is 1.17. The molecule has 0 bridgehead atoms. The molecule has 0 saturated heterocycles. The smallest absolute Gasteiger partial charge is 0.227 e. The second kappa shape index (κ2) is 1.93. The molecule has 3 nitrogen and oxygen atoms in total. The van der Waals surface area contributed by atoms with E-state index in [1.54, 1.807) is 6.08 Å². The van der Waals surface area contributed by atoms with Gasteiger partial charge in [-0.2, -0.15) is 0 Å². The zero-order valence-electron chi connectivity index (χ0n) is 5.13. The normalized spacial score (nSPS) is 35.1. The lowest BCUT2D eigenvalue weighted by Crippen LogP contribution is -2.39. The second-order valence-electron chi connectivity index (χ2n) is 2.06. The molecule has 1 N–H and O–H groups in total. The maximum Gasteiger partial charge on any atom is 0.227 e. The Balaban J connectivity index is 2.78. The minimum Gasteiger partial charge on any atom is -0.360 e. The van der Waals surface area contributed by atoms with Crippen LogP contribution in [-0.4, -0.2) is 23.3 Å². The molecular weight excluding hydrogens is 120 g/mol. The van der Waals surface area contributed by atoms with E-state index in [-0.39, 0.29) is 0 Å². The standard InChI is InChI=1S/C6H8O3/c1-6(8)5(7)3-2-4-9-6/h2-3,8H,4H2,1H3. The molecule has 0 aliphatic carbocycles. The van der Waals surface area contributed by atoms with Crippen molar-refractivity contribution >= 4 is 5.78 Å². The van der Waals surface area contributed by atoms with Crippen LogP contribution < -0.4 is 0 Å². The molecule has 50 valence electrons. The second-order valence-corrected chi connectivity index (χ2v) is 2.06. The van der Waals surface area contributed by atoms with Crippen molar-refractivity contribution < 1.29 is 14.6 Å². The number of hydrogen-bond acceptors (Lipinski definition) is 3. The van der Waals surface area contributed by atoms with Crippen LogP contribution >= 0.6 is 0 Å². The third-order valence-corrected chi connectivity index (χ3v) is 1.19. The fourth-order valence-electron chi connectivity index (χ4n) is 0.591. The topological polar surface area (TPSA) is 46.5 Å². The van der Waals surface area contributed by atoms with E-state index in [4.69, 9.17) is 9.84 Å². The number of hydrogen-bond donors (Lipinski definition) is 1. The summed E-state index contributed by atoms with van der Waals surface area (Å²) >= 11 is 0. The lowest BCUT2D eigenvalue weighted by atomic mass is 10.1. The molecule has 1 unspecified atom stereocenters. The molecule has 0 aromatic heterocycles. The molecule has 1 aliphatic heterocycles. The van der Waals surface area contributed by atoms with Crippen molar-refractivity contribution in [2.75, 3.05) is 6.61 Å². The van der Waals surface area contributed by atoms with Crippen molar-refractivity contribution in [2.24, 2.45) is 0 Å². The molecule has 0 fully saturated rings. The van der Waals surface area contributed by atoms with E-state index in [0.717, 1.165) is 0 Å². The van der Waals surface area contributed by atoms with E-state index in [0.29, 0.717) is 6.61 Å². The summed E-state index contributed by atoms with van der Waals surface area (Å²) in [4.78, 5) is 10.7. The summed E-state index contributed by atoms with van der Waals surface area (Å²) in [5, 5.41) is 9.02.